The fourth-order valence-electron chi connectivity index (χ4n) is 1.19. The van der Waals surface area contributed by atoms with E-state index in [2.05, 4.69) is 10.1 Å². The van der Waals surface area contributed by atoms with E-state index in [0.717, 1.165) is 23.9 Å². The Hall–Kier alpha value is -1.90. The van der Waals surface area contributed by atoms with E-state index in [-0.39, 0.29) is 22.9 Å². The minimum atomic E-state index is -3.07. The van der Waals surface area contributed by atoms with Crippen LogP contribution < -0.4 is 10.1 Å². The standard InChI is InChI=1S/C11H10F3NO4S/c12-7-3-6(19-11(13)14)1-2-8(7)15-9(16)4-20-5-10(17)18/h1-3,11H,4-5H2,(H,15,16)(H,17,18). The number of carboxylic acid groups (broad SMARTS) is 1. The molecule has 0 aromatic heterocycles. The maximum absolute atomic E-state index is 13.5. The number of ether oxygens (including phenoxy) is 1. The molecule has 5 nitrogen and oxygen atoms in total. The Morgan fingerprint density at radius 3 is 2.60 bits per heavy atom. The molecule has 0 unspecified atom stereocenters. The molecule has 20 heavy (non-hydrogen) atoms. The van der Waals surface area contributed by atoms with Crippen molar-refractivity contribution in [2.45, 2.75) is 6.61 Å². The zero-order chi connectivity index (χ0) is 15.1. The second-order valence-electron chi connectivity index (χ2n) is 3.45. The van der Waals surface area contributed by atoms with Crippen LogP contribution in [0.3, 0.4) is 0 Å². The molecule has 0 radical (unpaired) electrons. The largest absolute Gasteiger partial charge is 0.481 e. The molecule has 110 valence electrons. The molecule has 9 heteroatoms. The molecule has 1 aromatic carbocycles. The number of hydrogen-bond acceptors (Lipinski definition) is 4. The number of amides is 1. The minimum Gasteiger partial charge on any atom is -0.481 e. The number of carboxylic acids is 1. The highest BCUT2D eigenvalue weighted by Crippen LogP contribution is 2.22. The Labute approximate surface area is 116 Å². The molecule has 0 fully saturated rings. The Morgan fingerprint density at radius 1 is 1.35 bits per heavy atom. The van der Waals surface area contributed by atoms with Crippen molar-refractivity contribution < 1.29 is 32.6 Å². The number of carbonyl (C=O) groups excluding carboxylic acids is 1. The van der Waals surface area contributed by atoms with Gasteiger partial charge >= 0.3 is 12.6 Å². The molecular formula is C11H10F3NO4S. The van der Waals surface area contributed by atoms with Crippen molar-refractivity contribution in [2.24, 2.45) is 0 Å². The first-order valence-corrected chi connectivity index (χ1v) is 6.37. The fourth-order valence-corrected chi connectivity index (χ4v) is 1.72. The SMILES string of the molecule is O=C(O)CSCC(=O)Nc1ccc(OC(F)F)cc1F. The molecule has 2 N–H and O–H groups in total. The van der Waals surface area contributed by atoms with Gasteiger partial charge in [0.2, 0.25) is 5.91 Å². The summed E-state index contributed by atoms with van der Waals surface area (Å²) in [4.78, 5) is 21.6. The molecule has 1 amide bonds. The van der Waals surface area contributed by atoms with Crippen LogP contribution in [0.5, 0.6) is 5.75 Å². The molecule has 0 aliphatic rings. The third-order valence-corrected chi connectivity index (χ3v) is 2.82. The zero-order valence-corrected chi connectivity index (χ0v) is 10.8. The molecule has 0 saturated heterocycles. The van der Waals surface area contributed by atoms with Crippen LogP contribution >= 0.6 is 11.8 Å². The van der Waals surface area contributed by atoms with Gasteiger partial charge in [-0.15, -0.1) is 11.8 Å². The quantitative estimate of drug-likeness (QED) is 0.807. The van der Waals surface area contributed by atoms with Crippen molar-refractivity contribution in [3.8, 4) is 5.75 Å². The van der Waals surface area contributed by atoms with E-state index < -0.39 is 24.3 Å². The van der Waals surface area contributed by atoms with Gasteiger partial charge in [-0.1, -0.05) is 0 Å². The van der Waals surface area contributed by atoms with E-state index >= 15 is 0 Å². The summed E-state index contributed by atoms with van der Waals surface area (Å²) >= 11 is 0.848. The van der Waals surface area contributed by atoms with Crippen molar-refractivity contribution >= 4 is 29.3 Å². The summed E-state index contributed by atoms with van der Waals surface area (Å²) in [5.74, 6) is -3.38. The Morgan fingerprint density at radius 2 is 2.05 bits per heavy atom. The van der Waals surface area contributed by atoms with Crippen LogP contribution in [-0.4, -0.2) is 35.1 Å². The molecule has 1 rings (SSSR count). The van der Waals surface area contributed by atoms with Crippen LogP contribution in [0.15, 0.2) is 18.2 Å². The molecule has 0 bridgehead atoms. The molecule has 1 aromatic rings. The molecule has 0 aliphatic carbocycles. The number of hydrogen-bond donors (Lipinski definition) is 2. The Kier molecular flexibility index (Phi) is 6.16. The van der Waals surface area contributed by atoms with Crippen molar-refractivity contribution in [2.75, 3.05) is 16.8 Å². The van der Waals surface area contributed by atoms with E-state index in [1.165, 1.54) is 0 Å². The molecule has 0 spiro atoms. The zero-order valence-electron chi connectivity index (χ0n) is 9.94. The van der Waals surface area contributed by atoms with E-state index in [1.54, 1.807) is 0 Å². The predicted molar refractivity (Wildman–Crippen MR) is 66.6 cm³/mol. The lowest BCUT2D eigenvalue weighted by molar-refractivity contribution is -0.133. The monoisotopic (exact) mass is 309 g/mol. The summed E-state index contributed by atoms with van der Waals surface area (Å²) < 4.78 is 41.3. The fraction of sp³-hybridized carbons (Fsp3) is 0.273. The number of anilines is 1. The number of benzene rings is 1. The molecule has 0 atom stereocenters. The highest BCUT2D eigenvalue weighted by Gasteiger charge is 2.11. The van der Waals surface area contributed by atoms with Gasteiger partial charge in [0, 0.05) is 6.07 Å². The topological polar surface area (TPSA) is 75.6 Å². The summed E-state index contributed by atoms with van der Waals surface area (Å²) in [5.41, 5.74) is -0.201. The average Bonchev–Trinajstić information content (AvgIpc) is 2.31. The van der Waals surface area contributed by atoms with Crippen LogP contribution in [-0.2, 0) is 9.59 Å². The van der Waals surface area contributed by atoms with Crippen LogP contribution in [0.25, 0.3) is 0 Å². The first kappa shape index (κ1) is 16.2. The molecule has 0 heterocycles. The van der Waals surface area contributed by atoms with Crippen molar-refractivity contribution in [3.05, 3.63) is 24.0 Å². The predicted octanol–water partition coefficient (Wildman–Crippen LogP) is 2.18. The third-order valence-electron chi connectivity index (χ3n) is 1.90. The number of thioether (sulfide) groups is 1. The Balaban J connectivity index is 2.55. The first-order chi connectivity index (χ1) is 9.38. The van der Waals surface area contributed by atoms with Crippen molar-refractivity contribution in [1.82, 2.24) is 0 Å². The van der Waals surface area contributed by atoms with Crippen LogP contribution in [0.4, 0.5) is 18.9 Å². The van der Waals surface area contributed by atoms with Gasteiger partial charge in [-0.05, 0) is 12.1 Å². The summed E-state index contributed by atoms with van der Waals surface area (Å²) in [6, 6.07) is 2.87. The number of aliphatic carboxylic acids is 1. The summed E-state index contributed by atoms with van der Waals surface area (Å²) in [6.45, 7) is -3.07. The maximum atomic E-state index is 13.5. The van der Waals surface area contributed by atoms with Crippen LogP contribution in [0.2, 0.25) is 0 Å². The third kappa shape index (κ3) is 5.83. The minimum absolute atomic E-state index is 0.166. The number of rotatable bonds is 7. The van der Waals surface area contributed by atoms with E-state index in [1.807, 2.05) is 0 Å². The molecular weight excluding hydrogens is 299 g/mol. The van der Waals surface area contributed by atoms with Gasteiger partial charge in [-0.25, -0.2) is 4.39 Å². The second kappa shape index (κ2) is 7.63. The van der Waals surface area contributed by atoms with Gasteiger partial charge in [0.05, 0.1) is 17.2 Å². The number of alkyl halides is 2. The summed E-state index contributed by atoms with van der Waals surface area (Å²) in [7, 11) is 0. The second-order valence-corrected chi connectivity index (χ2v) is 4.44. The van der Waals surface area contributed by atoms with Crippen LogP contribution in [0.1, 0.15) is 0 Å². The maximum Gasteiger partial charge on any atom is 0.387 e. The van der Waals surface area contributed by atoms with E-state index in [0.29, 0.717) is 6.07 Å². The van der Waals surface area contributed by atoms with Crippen LogP contribution in [0, 0.1) is 5.82 Å². The van der Waals surface area contributed by atoms with Gasteiger partial charge in [0.15, 0.2) is 0 Å². The highest BCUT2D eigenvalue weighted by atomic mass is 32.2. The highest BCUT2D eigenvalue weighted by molar-refractivity contribution is 8.00. The first-order valence-electron chi connectivity index (χ1n) is 5.22. The smallest absolute Gasteiger partial charge is 0.387 e. The number of halogens is 3. The van der Waals surface area contributed by atoms with E-state index in [9.17, 15) is 22.8 Å². The molecule has 0 aliphatic heterocycles. The van der Waals surface area contributed by atoms with Gasteiger partial charge < -0.3 is 15.2 Å². The van der Waals surface area contributed by atoms with Gasteiger partial charge in [-0.3, -0.25) is 9.59 Å². The van der Waals surface area contributed by atoms with Crippen molar-refractivity contribution in [1.29, 1.82) is 0 Å². The number of carbonyl (C=O) groups is 2. The van der Waals surface area contributed by atoms with Crippen molar-refractivity contribution in [3.63, 3.8) is 0 Å². The Bertz CT molecular complexity index is 499. The lowest BCUT2D eigenvalue weighted by atomic mass is 10.3. The summed E-state index contributed by atoms with van der Waals surface area (Å²) in [6.07, 6.45) is 0. The van der Waals surface area contributed by atoms with Gasteiger partial charge in [-0.2, -0.15) is 8.78 Å². The lowest BCUT2D eigenvalue weighted by Crippen LogP contribution is -2.16. The van der Waals surface area contributed by atoms with E-state index in [4.69, 9.17) is 5.11 Å². The summed E-state index contributed by atoms with van der Waals surface area (Å²) in [5, 5.41) is 10.6. The normalized spacial score (nSPS) is 10.4. The van der Waals surface area contributed by atoms with Gasteiger partial charge in [0.1, 0.15) is 11.6 Å². The average molecular weight is 309 g/mol. The lowest BCUT2D eigenvalue weighted by Gasteiger charge is -2.08. The molecule has 0 saturated carbocycles. The van der Waals surface area contributed by atoms with Gasteiger partial charge in [0.25, 0.3) is 0 Å². The number of nitrogens with one attached hydrogen (secondary N) is 1.